The Balaban J connectivity index is 1.95. The van der Waals surface area contributed by atoms with Gasteiger partial charge in [-0.3, -0.25) is 5.01 Å². The fourth-order valence-corrected chi connectivity index (χ4v) is 2.46. The Morgan fingerprint density at radius 1 is 1.17 bits per heavy atom. The zero-order chi connectivity index (χ0) is 8.55. The van der Waals surface area contributed by atoms with Gasteiger partial charge < -0.3 is 11.5 Å². The lowest BCUT2D eigenvalue weighted by atomic mass is 10.0. The van der Waals surface area contributed by atoms with Crippen molar-refractivity contribution in [3.63, 3.8) is 0 Å². The second kappa shape index (κ2) is 2.84. The highest BCUT2D eigenvalue weighted by Gasteiger charge is 2.35. The van der Waals surface area contributed by atoms with Gasteiger partial charge in [-0.1, -0.05) is 6.42 Å². The zero-order valence-electron chi connectivity index (χ0n) is 7.24. The van der Waals surface area contributed by atoms with Gasteiger partial charge in [-0.2, -0.15) is 0 Å². The van der Waals surface area contributed by atoms with E-state index in [4.69, 9.17) is 11.5 Å². The van der Waals surface area contributed by atoms with E-state index in [0.29, 0.717) is 0 Å². The van der Waals surface area contributed by atoms with E-state index in [1.807, 2.05) is 5.01 Å². The van der Waals surface area contributed by atoms with Crippen molar-refractivity contribution in [3.8, 4) is 0 Å². The minimum atomic E-state index is 0.190. The highest BCUT2D eigenvalue weighted by Crippen LogP contribution is 2.37. The molecule has 4 N–H and O–H groups in total. The molecule has 0 amide bonds. The molecule has 1 aliphatic carbocycles. The molecule has 1 heterocycles. The van der Waals surface area contributed by atoms with Gasteiger partial charge in [0.05, 0.1) is 0 Å². The Kier molecular flexibility index (Phi) is 1.83. The predicted octanol–water partition coefficient (Wildman–Crippen LogP) is -0.0933. The Labute approximate surface area is 72.6 Å². The smallest absolute Gasteiger partial charge is 0.208 e. The summed E-state index contributed by atoms with van der Waals surface area (Å²) >= 11 is 0. The fourth-order valence-electron chi connectivity index (χ4n) is 2.46. The van der Waals surface area contributed by atoms with Crippen molar-refractivity contribution in [2.75, 3.05) is 13.1 Å². The summed E-state index contributed by atoms with van der Waals surface area (Å²) in [5.41, 5.74) is 10.6. The highest BCUT2D eigenvalue weighted by molar-refractivity contribution is 5.75. The highest BCUT2D eigenvalue weighted by atomic mass is 15.5. The number of hydrogen-bond acceptors (Lipinski definition) is 2. The van der Waals surface area contributed by atoms with Gasteiger partial charge in [-0.15, -0.1) is 5.10 Å². The van der Waals surface area contributed by atoms with Gasteiger partial charge in [0.1, 0.15) is 0 Å². The molecule has 1 aliphatic heterocycles. The quantitative estimate of drug-likeness (QED) is 0.424. The molecular weight excluding hydrogens is 152 g/mol. The molecule has 2 atom stereocenters. The summed E-state index contributed by atoms with van der Waals surface area (Å²) in [6.45, 7) is 2.12. The van der Waals surface area contributed by atoms with Crippen LogP contribution in [-0.4, -0.2) is 24.1 Å². The van der Waals surface area contributed by atoms with Gasteiger partial charge in [0.2, 0.25) is 5.96 Å². The normalized spacial score (nSPS) is 33.5. The van der Waals surface area contributed by atoms with E-state index in [1.165, 1.54) is 19.3 Å². The first-order chi connectivity index (χ1) is 5.75. The first-order valence-corrected chi connectivity index (χ1v) is 4.60. The first-order valence-electron chi connectivity index (χ1n) is 4.60. The first kappa shape index (κ1) is 7.71. The van der Waals surface area contributed by atoms with Crippen LogP contribution >= 0.6 is 0 Å². The molecule has 0 spiro atoms. The van der Waals surface area contributed by atoms with Gasteiger partial charge in [0.15, 0.2) is 0 Å². The SMILES string of the molecule is NC(N)=NN1CC2CCCC2C1. The third kappa shape index (κ3) is 1.33. The minimum absolute atomic E-state index is 0.190. The van der Waals surface area contributed by atoms with Gasteiger partial charge in [-0.25, -0.2) is 0 Å². The molecule has 1 saturated carbocycles. The summed E-state index contributed by atoms with van der Waals surface area (Å²) in [6.07, 6.45) is 4.12. The molecule has 0 bridgehead atoms. The van der Waals surface area contributed by atoms with Gasteiger partial charge in [0.25, 0.3) is 0 Å². The third-order valence-corrected chi connectivity index (χ3v) is 2.96. The van der Waals surface area contributed by atoms with Gasteiger partial charge in [0, 0.05) is 13.1 Å². The van der Waals surface area contributed by atoms with Crippen LogP contribution in [0.4, 0.5) is 0 Å². The second-order valence-electron chi connectivity index (χ2n) is 3.85. The number of rotatable bonds is 1. The molecule has 2 fully saturated rings. The summed E-state index contributed by atoms with van der Waals surface area (Å²) in [5, 5.41) is 6.08. The second-order valence-corrected chi connectivity index (χ2v) is 3.85. The Morgan fingerprint density at radius 2 is 1.75 bits per heavy atom. The Morgan fingerprint density at radius 3 is 2.25 bits per heavy atom. The van der Waals surface area contributed by atoms with Gasteiger partial charge in [-0.05, 0) is 24.7 Å². The van der Waals surface area contributed by atoms with Crippen LogP contribution < -0.4 is 11.5 Å². The maximum absolute atomic E-state index is 5.31. The maximum atomic E-state index is 5.31. The summed E-state index contributed by atoms with van der Waals surface area (Å²) < 4.78 is 0. The van der Waals surface area contributed by atoms with E-state index in [1.54, 1.807) is 0 Å². The molecule has 2 rings (SSSR count). The van der Waals surface area contributed by atoms with Crippen molar-refractivity contribution in [2.45, 2.75) is 19.3 Å². The van der Waals surface area contributed by atoms with Crippen LogP contribution in [0, 0.1) is 11.8 Å². The van der Waals surface area contributed by atoms with Gasteiger partial charge >= 0.3 is 0 Å². The van der Waals surface area contributed by atoms with Crippen LogP contribution in [0.15, 0.2) is 5.10 Å². The molecule has 0 aromatic rings. The van der Waals surface area contributed by atoms with E-state index in [0.717, 1.165) is 24.9 Å². The molecule has 2 aliphatic rings. The summed E-state index contributed by atoms with van der Waals surface area (Å²) in [4.78, 5) is 0. The van der Waals surface area contributed by atoms with Crippen molar-refractivity contribution in [1.29, 1.82) is 0 Å². The summed E-state index contributed by atoms with van der Waals surface area (Å²) in [6, 6.07) is 0. The third-order valence-electron chi connectivity index (χ3n) is 2.96. The number of hydrogen-bond donors (Lipinski definition) is 2. The average Bonchev–Trinajstić information content (AvgIpc) is 2.43. The van der Waals surface area contributed by atoms with E-state index in [9.17, 15) is 0 Å². The molecule has 4 heteroatoms. The number of nitrogens with two attached hydrogens (primary N) is 2. The van der Waals surface area contributed by atoms with E-state index in [2.05, 4.69) is 5.10 Å². The number of hydrazone groups is 1. The van der Waals surface area contributed by atoms with Crippen LogP contribution in [0.1, 0.15) is 19.3 Å². The summed E-state index contributed by atoms with van der Waals surface area (Å²) in [5.74, 6) is 1.90. The fraction of sp³-hybridized carbons (Fsp3) is 0.875. The molecule has 1 saturated heterocycles. The zero-order valence-corrected chi connectivity index (χ0v) is 7.24. The predicted molar refractivity (Wildman–Crippen MR) is 48.2 cm³/mol. The minimum Gasteiger partial charge on any atom is -0.369 e. The number of fused-ring (bicyclic) bond motifs is 1. The lowest BCUT2D eigenvalue weighted by molar-refractivity contribution is 0.328. The van der Waals surface area contributed by atoms with E-state index in [-0.39, 0.29) is 5.96 Å². The van der Waals surface area contributed by atoms with Crippen molar-refractivity contribution < 1.29 is 0 Å². The monoisotopic (exact) mass is 168 g/mol. The molecule has 2 unspecified atom stereocenters. The molecule has 0 aromatic heterocycles. The number of guanidine groups is 1. The Bertz CT molecular complexity index is 185. The van der Waals surface area contributed by atoms with E-state index < -0.39 is 0 Å². The molecule has 4 nitrogen and oxygen atoms in total. The topological polar surface area (TPSA) is 67.6 Å². The lowest BCUT2D eigenvalue weighted by Gasteiger charge is -2.11. The molecule has 0 radical (unpaired) electrons. The van der Waals surface area contributed by atoms with Crippen LogP contribution in [-0.2, 0) is 0 Å². The molecular formula is C8H16N4. The molecule has 0 aromatic carbocycles. The molecule has 12 heavy (non-hydrogen) atoms. The average molecular weight is 168 g/mol. The van der Waals surface area contributed by atoms with Crippen molar-refractivity contribution in [3.05, 3.63) is 0 Å². The van der Waals surface area contributed by atoms with Crippen LogP contribution in [0.2, 0.25) is 0 Å². The Hall–Kier alpha value is -0.930. The number of nitrogens with zero attached hydrogens (tertiary/aromatic N) is 2. The lowest BCUT2D eigenvalue weighted by Crippen LogP contribution is -2.28. The maximum Gasteiger partial charge on any atom is 0.208 e. The van der Waals surface area contributed by atoms with Crippen LogP contribution in [0.25, 0.3) is 0 Å². The largest absolute Gasteiger partial charge is 0.369 e. The van der Waals surface area contributed by atoms with E-state index >= 15 is 0 Å². The van der Waals surface area contributed by atoms with Crippen LogP contribution in [0.5, 0.6) is 0 Å². The standard InChI is InChI=1S/C8H16N4/c9-8(10)11-12-4-6-2-1-3-7(6)5-12/h6-7H,1-5H2,(H4,9,10,11). The van der Waals surface area contributed by atoms with Crippen LogP contribution in [0.3, 0.4) is 0 Å². The molecule has 68 valence electrons. The van der Waals surface area contributed by atoms with Crippen molar-refractivity contribution >= 4 is 5.96 Å². The van der Waals surface area contributed by atoms with Crippen molar-refractivity contribution in [2.24, 2.45) is 28.4 Å². The summed E-state index contributed by atoms with van der Waals surface area (Å²) in [7, 11) is 0. The van der Waals surface area contributed by atoms with Crippen molar-refractivity contribution in [1.82, 2.24) is 5.01 Å².